The highest BCUT2D eigenvalue weighted by molar-refractivity contribution is 5.39. The van der Waals surface area contributed by atoms with Gasteiger partial charge in [-0.1, -0.05) is 32.0 Å². The van der Waals surface area contributed by atoms with E-state index in [1.54, 1.807) is 0 Å². The number of fused-ring (bicyclic) bond motifs is 1. The molecule has 0 aromatic heterocycles. The molecule has 1 aliphatic heterocycles. The van der Waals surface area contributed by atoms with Crippen LogP contribution in [0.4, 0.5) is 0 Å². The molecule has 1 aliphatic carbocycles. The summed E-state index contributed by atoms with van der Waals surface area (Å²) in [7, 11) is 0. The average molecular weight is 273 g/mol. The van der Waals surface area contributed by atoms with Gasteiger partial charge < -0.3 is 10.1 Å². The number of benzene rings is 1. The summed E-state index contributed by atoms with van der Waals surface area (Å²) in [5, 5.41) is 3.74. The van der Waals surface area contributed by atoms with Crippen LogP contribution in [-0.2, 0) is 0 Å². The molecular formula is C18H27NO. The van der Waals surface area contributed by atoms with E-state index in [1.807, 2.05) is 0 Å². The lowest BCUT2D eigenvalue weighted by atomic mass is 9.79. The van der Waals surface area contributed by atoms with Crippen molar-refractivity contribution in [3.63, 3.8) is 0 Å². The van der Waals surface area contributed by atoms with Gasteiger partial charge in [0.2, 0.25) is 0 Å². The van der Waals surface area contributed by atoms with Crippen molar-refractivity contribution in [1.29, 1.82) is 0 Å². The van der Waals surface area contributed by atoms with Gasteiger partial charge >= 0.3 is 0 Å². The van der Waals surface area contributed by atoms with Crippen LogP contribution in [0, 0.1) is 5.92 Å². The van der Waals surface area contributed by atoms with E-state index in [1.165, 1.54) is 37.7 Å². The van der Waals surface area contributed by atoms with Crippen LogP contribution in [0.3, 0.4) is 0 Å². The molecule has 3 rings (SSSR count). The molecule has 1 spiro atoms. The molecule has 1 fully saturated rings. The molecule has 1 aromatic rings. The van der Waals surface area contributed by atoms with Crippen molar-refractivity contribution in [2.45, 2.75) is 64.0 Å². The van der Waals surface area contributed by atoms with Gasteiger partial charge in [-0.05, 0) is 50.6 Å². The molecule has 0 radical (unpaired) electrons. The number of rotatable bonds is 4. The normalized spacial score (nSPS) is 32.1. The summed E-state index contributed by atoms with van der Waals surface area (Å²) in [6.07, 6.45) is 7.44. The molecule has 20 heavy (non-hydrogen) atoms. The predicted octanol–water partition coefficient (Wildman–Crippen LogP) is 4.46. The van der Waals surface area contributed by atoms with Crippen LogP contribution in [0.1, 0.15) is 64.0 Å². The minimum atomic E-state index is 0.0918. The van der Waals surface area contributed by atoms with Gasteiger partial charge in [0.1, 0.15) is 11.4 Å². The smallest absolute Gasteiger partial charge is 0.124 e. The van der Waals surface area contributed by atoms with E-state index >= 15 is 0 Å². The monoisotopic (exact) mass is 273 g/mol. The summed E-state index contributed by atoms with van der Waals surface area (Å²) >= 11 is 0. The van der Waals surface area contributed by atoms with Crippen LogP contribution in [0.15, 0.2) is 24.3 Å². The molecule has 1 N–H and O–H groups in total. The zero-order valence-electron chi connectivity index (χ0n) is 12.8. The number of nitrogens with one attached hydrogen (secondary N) is 1. The standard InChI is InChI=1S/C18H27NO/c1-3-12-19-16-13-18(11-7-8-14(18)4-2)20-17-10-6-5-9-15(16)17/h5-6,9-10,14,16,19H,3-4,7-8,11-13H2,1-2H3. The van der Waals surface area contributed by atoms with E-state index in [9.17, 15) is 0 Å². The summed E-state index contributed by atoms with van der Waals surface area (Å²) in [5.74, 6) is 1.84. The molecule has 0 amide bonds. The lowest BCUT2D eigenvalue weighted by Gasteiger charge is -2.44. The van der Waals surface area contributed by atoms with Crippen molar-refractivity contribution in [2.24, 2.45) is 5.92 Å². The van der Waals surface area contributed by atoms with Crippen molar-refractivity contribution < 1.29 is 4.74 Å². The third kappa shape index (κ3) is 2.35. The van der Waals surface area contributed by atoms with Crippen LogP contribution in [0.2, 0.25) is 0 Å². The van der Waals surface area contributed by atoms with Crippen molar-refractivity contribution in [3.8, 4) is 5.75 Å². The lowest BCUT2D eigenvalue weighted by molar-refractivity contribution is -0.00552. The van der Waals surface area contributed by atoms with Gasteiger partial charge in [0.05, 0.1) is 0 Å². The van der Waals surface area contributed by atoms with E-state index in [2.05, 4.69) is 43.4 Å². The van der Waals surface area contributed by atoms with Crippen molar-refractivity contribution in [3.05, 3.63) is 29.8 Å². The average Bonchev–Trinajstić information content (AvgIpc) is 2.86. The first-order valence-electron chi connectivity index (χ1n) is 8.30. The van der Waals surface area contributed by atoms with E-state index in [0.717, 1.165) is 24.6 Å². The minimum absolute atomic E-state index is 0.0918. The van der Waals surface area contributed by atoms with E-state index in [-0.39, 0.29) is 5.60 Å². The molecule has 3 atom stereocenters. The Balaban J connectivity index is 1.91. The first kappa shape index (κ1) is 13.9. The molecule has 2 nitrogen and oxygen atoms in total. The maximum atomic E-state index is 6.55. The second-order valence-electron chi connectivity index (χ2n) is 6.41. The van der Waals surface area contributed by atoms with Crippen LogP contribution < -0.4 is 10.1 Å². The predicted molar refractivity (Wildman–Crippen MR) is 83.1 cm³/mol. The Bertz CT molecular complexity index is 458. The Morgan fingerprint density at radius 3 is 2.95 bits per heavy atom. The molecule has 1 aromatic carbocycles. The zero-order valence-corrected chi connectivity index (χ0v) is 12.8. The Kier molecular flexibility index (Phi) is 4.02. The topological polar surface area (TPSA) is 21.3 Å². The Morgan fingerprint density at radius 2 is 2.15 bits per heavy atom. The molecule has 3 unspecified atom stereocenters. The number of ether oxygens (including phenoxy) is 1. The van der Waals surface area contributed by atoms with Gasteiger partial charge in [-0.15, -0.1) is 0 Å². The highest BCUT2D eigenvalue weighted by atomic mass is 16.5. The number of para-hydroxylation sites is 1. The highest BCUT2D eigenvalue weighted by Crippen LogP contribution is 2.50. The molecule has 1 heterocycles. The van der Waals surface area contributed by atoms with Gasteiger partial charge in [0.25, 0.3) is 0 Å². The van der Waals surface area contributed by atoms with Gasteiger partial charge in [0, 0.05) is 18.0 Å². The molecule has 110 valence electrons. The van der Waals surface area contributed by atoms with Crippen molar-refractivity contribution in [1.82, 2.24) is 5.32 Å². The summed E-state index contributed by atoms with van der Waals surface area (Å²) < 4.78 is 6.55. The SMILES string of the molecule is CCCNC1CC2(CCCC2CC)Oc2ccccc21. The fraction of sp³-hybridized carbons (Fsp3) is 0.667. The van der Waals surface area contributed by atoms with Gasteiger partial charge in [-0.3, -0.25) is 0 Å². The molecule has 2 aliphatic rings. The van der Waals surface area contributed by atoms with Gasteiger partial charge in [0.15, 0.2) is 0 Å². The second kappa shape index (κ2) is 5.77. The van der Waals surface area contributed by atoms with Gasteiger partial charge in [-0.2, -0.15) is 0 Å². The number of hydrogen-bond acceptors (Lipinski definition) is 2. The first-order chi connectivity index (χ1) is 9.79. The largest absolute Gasteiger partial charge is 0.487 e. The van der Waals surface area contributed by atoms with E-state index in [0.29, 0.717) is 6.04 Å². The Morgan fingerprint density at radius 1 is 1.30 bits per heavy atom. The molecule has 1 saturated carbocycles. The third-order valence-corrected chi connectivity index (χ3v) is 5.19. The maximum absolute atomic E-state index is 6.55. The third-order valence-electron chi connectivity index (χ3n) is 5.19. The van der Waals surface area contributed by atoms with Crippen LogP contribution in [0.25, 0.3) is 0 Å². The Hall–Kier alpha value is -1.02. The van der Waals surface area contributed by atoms with Crippen LogP contribution >= 0.6 is 0 Å². The highest BCUT2D eigenvalue weighted by Gasteiger charge is 2.48. The van der Waals surface area contributed by atoms with Crippen molar-refractivity contribution >= 4 is 0 Å². The Labute approximate surface area is 122 Å². The maximum Gasteiger partial charge on any atom is 0.124 e. The second-order valence-corrected chi connectivity index (χ2v) is 6.41. The van der Waals surface area contributed by atoms with Crippen LogP contribution in [-0.4, -0.2) is 12.1 Å². The fourth-order valence-corrected chi connectivity index (χ4v) is 4.17. The first-order valence-corrected chi connectivity index (χ1v) is 8.30. The molecular weight excluding hydrogens is 246 g/mol. The molecule has 0 bridgehead atoms. The summed E-state index contributed by atoms with van der Waals surface area (Å²) in [4.78, 5) is 0. The molecule has 2 heteroatoms. The minimum Gasteiger partial charge on any atom is -0.487 e. The van der Waals surface area contributed by atoms with Gasteiger partial charge in [-0.25, -0.2) is 0 Å². The van der Waals surface area contributed by atoms with E-state index in [4.69, 9.17) is 4.74 Å². The lowest BCUT2D eigenvalue weighted by Crippen LogP contribution is -2.46. The van der Waals surface area contributed by atoms with Crippen molar-refractivity contribution in [2.75, 3.05) is 6.54 Å². The summed E-state index contributed by atoms with van der Waals surface area (Å²) in [5.41, 5.74) is 1.45. The van der Waals surface area contributed by atoms with E-state index < -0.39 is 0 Å². The zero-order chi connectivity index (χ0) is 14.0. The summed E-state index contributed by atoms with van der Waals surface area (Å²) in [6, 6.07) is 9.08. The molecule has 0 saturated heterocycles. The summed E-state index contributed by atoms with van der Waals surface area (Å²) in [6.45, 7) is 5.64. The van der Waals surface area contributed by atoms with Crippen LogP contribution in [0.5, 0.6) is 5.75 Å². The number of hydrogen-bond donors (Lipinski definition) is 1. The fourth-order valence-electron chi connectivity index (χ4n) is 4.17. The quantitative estimate of drug-likeness (QED) is 0.874.